The number of alkyl halides is 3. The summed E-state index contributed by atoms with van der Waals surface area (Å²) in [5, 5.41) is 2.35. The van der Waals surface area contributed by atoms with Gasteiger partial charge in [0.1, 0.15) is 6.04 Å². The summed E-state index contributed by atoms with van der Waals surface area (Å²) in [5.74, 6) is -0.754. The van der Waals surface area contributed by atoms with Gasteiger partial charge in [0.25, 0.3) is 0 Å². The summed E-state index contributed by atoms with van der Waals surface area (Å²) in [5.41, 5.74) is -0.0805. The van der Waals surface area contributed by atoms with Gasteiger partial charge in [-0.05, 0) is 24.6 Å². The third kappa shape index (κ3) is 3.79. The van der Waals surface area contributed by atoms with Crippen molar-refractivity contribution in [3.05, 3.63) is 53.6 Å². The number of carbonyl (C=O) groups excluding carboxylic acids is 1. The highest BCUT2D eigenvalue weighted by molar-refractivity contribution is 6.30. The first-order valence-corrected chi connectivity index (χ1v) is 6.77. The van der Waals surface area contributed by atoms with Crippen molar-refractivity contribution >= 4 is 17.5 Å². The third-order valence-electron chi connectivity index (χ3n) is 3.17. The Morgan fingerprint density at radius 1 is 1.32 bits per heavy atom. The van der Waals surface area contributed by atoms with Crippen LogP contribution in [0.4, 0.5) is 13.2 Å². The van der Waals surface area contributed by atoms with E-state index in [-0.39, 0.29) is 5.56 Å². The van der Waals surface area contributed by atoms with Crippen LogP contribution in [-0.4, -0.2) is 21.6 Å². The van der Waals surface area contributed by atoms with Gasteiger partial charge in [-0.2, -0.15) is 13.2 Å². The molecule has 0 saturated heterocycles. The SMILES string of the molecule is C[C@H](C(=O)N[C@H](c1ccc(Cl)cc1)C(F)(F)F)n1ccnc1. The number of aromatic nitrogens is 2. The van der Waals surface area contributed by atoms with E-state index in [0.717, 1.165) is 0 Å². The molecule has 1 aromatic heterocycles. The Balaban J connectivity index is 2.20. The molecule has 0 unspecified atom stereocenters. The maximum atomic E-state index is 13.2. The lowest BCUT2D eigenvalue weighted by Crippen LogP contribution is -2.41. The summed E-state index contributed by atoms with van der Waals surface area (Å²) in [4.78, 5) is 15.8. The first-order chi connectivity index (χ1) is 10.3. The molecule has 4 nitrogen and oxygen atoms in total. The van der Waals surface area contributed by atoms with Crippen LogP contribution in [0.15, 0.2) is 43.0 Å². The van der Waals surface area contributed by atoms with Gasteiger partial charge in [-0.1, -0.05) is 23.7 Å². The highest BCUT2D eigenvalue weighted by Gasteiger charge is 2.42. The standard InChI is InChI=1S/C14H13ClF3N3O/c1-9(21-7-6-19-8-21)13(22)20-12(14(16,17)18)10-2-4-11(15)5-3-10/h2-9,12H,1H3,(H,20,22)/t9-,12-/m1/s1. The molecule has 2 atom stereocenters. The summed E-state index contributed by atoms with van der Waals surface area (Å²) < 4.78 is 41.0. The van der Waals surface area contributed by atoms with Gasteiger partial charge in [0.2, 0.25) is 5.91 Å². The molecule has 0 aliphatic rings. The summed E-state index contributed by atoms with van der Waals surface area (Å²) in [6.07, 6.45) is -0.285. The number of nitrogens with zero attached hydrogens (tertiary/aromatic N) is 2. The molecule has 0 fully saturated rings. The molecule has 1 amide bonds. The lowest BCUT2D eigenvalue weighted by Gasteiger charge is -2.24. The molecule has 1 N–H and O–H groups in total. The number of benzene rings is 1. The maximum Gasteiger partial charge on any atom is 0.412 e. The van der Waals surface area contributed by atoms with Crippen LogP contribution in [0, 0.1) is 0 Å². The Hall–Kier alpha value is -2.02. The molecule has 118 valence electrons. The zero-order valence-corrected chi connectivity index (χ0v) is 12.3. The Morgan fingerprint density at radius 2 is 1.95 bits per heavy atom. The van der Waals surface area contributed by atoms with Crippen molar-refractivity contribution in [2.75, 3.05) is 0 Å². The van der Waals surface area contributed by atoms with Crippen molar-refractivity contribution in [1.29, 1.82) is 0 Å². The molecule has 0 aliphatic heterocycles. The van der Waals surface area contributed by atoms with E-state index in [1.165, 1.54) is 54.5 Å². The fourth-order valence-corrected chi connectivity index (χ4v) is 2.03. The molecular formula is C14H13ClF3N3O. The molecule has 8 heteroatoms. The molecule has 0 bridgehead atoms. The van der Waals surface area contributed by atoms with Crippen LogP contribution in [0.1, 0.15) is 24.6 Å². The Bertz CT molecular complexity index is 626. The van der Waals surface area contributed by atoms with Crippen LogP contribution in [0.3, 0.4) is 0 Å². The van der Waals surface area contributed by atoms with Crippen molar-refractivity contribution in [2.24, 2.45) is 0 Å². The molecule has 22 heavy (non-hydrogen) atoms. The zero-order chi connectivity index (χ0) is 16.3. The Morgan fingerprint density at radius 3 is 2.45 bits per heavy atom. The predicted molar refractivity (Wildman–Crippen MR) is 75.3 cm³/mol. The molecule has 1 aromatic carbocycles. The first kappa shape index (κ1) is 16.4. The second kappa shape index (κ2) is 6.39. The van der Waals surface area contributed by atoms with Gasteiger partial charge in [0.15, 0.2) is 6.04 Å². The average molecular weight is 332 g/mol. The first-order valence-electron chi connectivity index (χ1n) is 6.39. The highest BCUT2D eigenvalue weighted by Crippen LogP contribution is 2.33. The monoisotopic (exact) mass is 331 g/mol. The quantitative estimate of drug-likeness (QED) is 0.931. The number of amides is 1. The summed E-state index contributed by atoms with van der Waals surface area (Å²) >= 11 is 5.68. The molecule has 0 radical (unpaired) electrons. The van der Waals surface area contributed by atoms with Crippen LogP contribution >= 0.6 is 11.6 Å². The minimum Gasteiger partial charge on any atom is -0.339 e. The molecule has 2 rings (SSSR count). The van der Waals surface area contributed by atoms with E-state index >= 15 is 0 Å². The van der Waals surface area contributed by atoms with Gasteiger partial charge in [-0.15, -0.1) is 0 Å². The van der Waals surface area contributed by atoms with E-state index in [4.69, 9.17) is 11.6 Å². The number of rotatable bonds is 4. The van der Waals surface area contributed by atoms with Gasteiger partial charge >= 0.3 is 6.18 Å². The maximum absolute atomic E-state index is 13.2. The van der Waals surface area contributed by atoms with E-state index in [0.29, 0.717) is 5.02 Å². The normalized spacial score (nSPS) is 14.4. The lowest BCUT2D eigenvalue weighted by atomic mass is 10.1. The topological polar surface area (TPSA) is 46.9 Å². The fraction of sp³-hybridized carbons (Fsp3) is 0.286. The smallest absolute Gasteiger partial charge is 0.339 e. The second-order valence-electron chi connectivity index (χ2n) is 4.72. The number of hydrogen-bond acceptors (Lipinski definition) is 2. The van der Waals surface area contributed by atoms with E-state index in [1.54, 1.807) is 0 Å². The van der Waals surface area contributed by atoms with Crippen molar-refractivity contribution < 1.29 is 18.0 Å². The molecule has 2 aromatic rings. The van der Waals surface area contributed by atoms with E-state index in [2.05, 4.69) is 4.98 Å². The number of hydrogen-bond donors (Lipinski definition) is 1. The second-order valence-corrected chi connectivity index (χ2v) is 5.16. The van der Waals surface area contributed by atoms with Crippen molar-refractivity contribution in [3.8, 4) is 0 Å². The lowest BCUT2D eigenvalue weighted by molar-refractivity contribution is -0.164. The largest absolute Gasteiger partial charge is 0.412 e. The van der Waals surface area contributed by atoms with E-state index in [1.807, 2.05) is 5.32 Å². The van der Waals surface area contributed by atoms with E-state index < -0.39 is 24.2 Å². The van der Waals surface area contributed by atoms with Crippen molar-refractivity contribution in [3.63, 3.8) is 0 Å². The van der Waals surface area contributed by atoms with Gasteiger partial charge in [-0.3, -0.25) is 4.79 Å². The molecule has 0 spiro atoms. The number of carbonyl (C=O) groups is 1. The third-order valence-corrected chi connectivity index (χ3v) is 3.42. The molecular weight excluding hydrogens is 319 g/mol. The summed E-state index contributed by atoms with van der Waals surface area (Å²) in [7, 11) is 0. The zero-order valence-electron chi connectivity index (χ0n) is 11.5. The number of imidazole rings is 1. The van der Waals surface area contributed by atoms with Crippen molar-refractivity contribution in [1.82, 2.24) is 14.9 Å². The number of nitrogens with one attached hydrogen (secondary N) is 1. The Kier molecular flexibility index (Phi) is 4.75. The number of halogens is 4. The van der Waals surface area contributed by atoms with Gasteiger partial charge in [-0.25, -0.2) is 4.98 Å². The fourth-order valence-electron chi connectivity index (χ4n) is 1.91. The highest BCUT2D eigenvalue weighted by atomic mass is 35.5. The average Bonchev–Trinajstić information content (AvgIpc) is 2.97. The molecule has 0 aliphatic carbocycles. The van der Waals surface area contributed by atoms with Crippen LogP contribution < -0.4 is 5.32 Å². The van der Waals surface area contributed by atoms with Crippen LogP contribution in [0.2, 0.25) is 5.02 Å². The Labute approximate surface area is 129 Å². The van der Waals surface area contributed by atoms with Crippen LogP contribution in [-0.2, 0) is 4.79 Å². The molecule has 0 saturated carbocycles. The minimum atomic E-state index is -4.61. The van der Waals surface area contributed by atoms with Gasteiger partial charge < -0.3 is 9.88 Å². The molecule has 1 heterocycles. The van der Waals surface area contributed by atoms with Crippen LogP contribution in [0.25, 0.3) is 0 Å². The van der Waals surface area contributed by atoms with Gasteiger partial charge in [0, 0.05) is 17.4 Å². The summed E-state index contributed by atoms with van der Waals surface area (Å²) in [6, 6.07) is 2.27. The summed E-state index contributed by atoms with van der Waals surface area (Å²) in [6.45, 7) is 1.49. The van der Waals surface area contributed by atoms with Gasteiger partial charge in [0.05, 0.1) is 6.33 Å². The minimum absolute atomic E-state index is 0.0805. The van der Waals surface area contributed by atoms with Crippen LogP contribution in [0.5, 0.6) is 0 Å². The van der Waals surface area contributed by atoms with Crippen molar-refractivity contribution in [2.45, 2.75) is 25.2 Å². The van der Waals surface area contributed by atoms with E-state index in [9.17, 15) is 18.0 Å². The predicted octanol–water partition coefficient (Wildman–Crippen LogP) is 3.52.